The van der Waals surface area contributed by atoms with Crippen LogP contribution in [-0.4, -0.2) is 15.8 Å². The fourth-order valence-corrected chi connectivity index (χ4v) is 6.48. The number of Topliss-reactive ketones (excluding diaryl/α,β-unsaturated/α-hetero) is 1. The molecule has 0 aromatic carbocycles. The molecule has 2 rings (SSSR count). The van der Waals surface area contributed by atoms with Gasteiger partial charge in [-0.2, -0.15) is 11.8 Å². The molecule has 0 bridgehead atoms. The molecule has 2 aliphatic carbocycles. The Hall–Kier alpha value is -0.240. The minimum atomic E-state index is 0.104. The van der Waals surface area contributed by atoms with Crippen molar-refractivity contribution in [3.05, 3.63) is 11.6 Å². The topological polar surface area (TPSA) is 17.1 Å². The van der Waals surface area contributed by atoms with E-state index in [0.717, 1.165) is 23.0 Å². The van der Waals surface area contributed by atoms with Gasteiger partial charge in [-0.05, 0) is 70.1 Å². The number of carbonyl (C=O) groups excluding carboxylic acids is 1. The lowest BCUT2D eigenvalue weighted by atomic mass is 9.77. The maximum Gasteiger partial charge on any atom is 0.131 e. The van der Waals surface area contributed by atoms with Gasteiger partial charge in [0.2, 0.25) is 0 Å². The SMILES string of the molecule is CC(=O)CC(C)(C)SC1CCCC1CC(C)C1CC=C(C)CC1. The molecule has 0 saturated heterocycles. The van der Waals surface area contributed by atoms with E-state index in [4.69, 9.17) is 0 Å². The Morgan fingerprint density at radius 2 is 2.09 bits per heavy atom. The van der Waals surface area contributed by atoms with Gasteiger partial charge in [-0.25, -0.2) is 0 Å². The fraction of sp³-hybridized carbons (Fsp3) is 0.857. The van der Waals surface area contributed by atoms with Crippen LogP contribution in [0.25, 0.3) is 0 Å². The summed E-state index contributed by atoms with van der Waals surface area (Å²) in [6.45, 7) is 11.0. The van der Waals surface area contributed by atoms with Gasteiger partial charge in [0.05, 0.1) is 0 Å². The van der Waals surface area contributed by atoms with E-state index in [2.05, 4.69) is 45.5 Å². The van der Waals surface area contributed by atoms with Gasteiger partial charge >= 0.3 is 0 Å². The zero-order valence-corrected chi connectivity index (χ0v) is 16.7. The van der Waals surface area contributed by atoms with Crippen LogP contribution in [0.1, 0.15) is 86.0 Å². The van der Waals surface area contributed by atoms with Crippen LogP contribution < -0.4 is 0 Å². The second-order valence-corrected chi connectivity index (χ2v) is 10.7. The highest BCUT2D eigenvalue weighted by molar-refractivity contribution is 8.01. The summed E-state index contributed by atoms with van der Waals surface area (Å²) in [5, 5.41) is 0.771. The number of rotatable bonds is 7. The lowest BCUT2D eigenvalue weighted by molar-refractivity contribution is -0.117. The average Bonchev–Trinajstić information content (AvgIpc) is 2.84. The highest BCUT2D eigenvalue weighted by Gasteiger charge is 2.35. The molecule has 0 aromatic rings. The maximum atomic E-state index is 11.5. The number of ketones is 1. The van der Waals surface area contributed by atoms with Crippen molar-refractivity contribution in [1.82, 2.24) is 0 Å². The number of hydrogen-bond acceptors (Lipinski definition) is 2. The first kappa shape index (κ1) is 19.1. The van der Waals surface area contributed by atoms with E-state index in [-0.39, 0.29) is 4.75 Å². The van der Waals surface area contributed by atoms with Crippen molar-refractivity contribution in [3.63, 3.8) is 0 Å². The van der Waals surface area contributed by atoms with Crippen LogP contribution in [0.2, 0.25) is 0 Å². The molecule has 0 aromatic heterocycles. The zero-order chi connectivity index (χ0) is 17.0. The minimum absolute atomic E-state index is 0.104. The first-order valence-electron chi connectivity index (χ1n) is 9.60. The molecule has 23 heavy (non-hydrogen) atoms. The molecule has 2 heteroatoms. The van der Waals surface area contributed by atoms with E-state index in [0.29, 0.717) is 12.2 Å². The first-order chi connectivity index (χ1) is 10.8. The standard InChI is InChI=1S/C21H36OS/c1-15-9-11-18(12-10-15)16(2)13-19-7-6-8-20(19)23-21(4,5)14-17(3)22/h9,16,18-20H,6-8,10-14H2,1-5H3. The average molecular weight is 337 g/mol. The Labute approximate surface area is 148 Å². The van der Waals surface area contributed by atoms with Gasteiger partial charge in [0, 0.05) is 16.4 Å². The molecule has 4 unspecified atom stereocenters. The van der Waals surface area contributed by atoms with Crippen molar-refractivity contribution in [2.24, 2.45) is 17.8 Å². The van der Waals surface area contributed by atoms with Crippen molar-refractivity contribution in [2.75, 3.05) is 0 Å². The molecular weight excluding hydrogens is 300 g/mol. The van der Waals surface area contributed by atoms with Crippen LogP contribution in [0, 0.1) is 17.8 Å². The van der Waals surface area contributed by atoms with Crippen molar-refractivity contribution >= 4 is 17.5 Å². The van der Waals surface area contributed by atoms with Gasteiger partial charge in [0.1, 0.15) is 5.78 Å². The van der Waals surface area contributed by atoms with Crippen LogP contribution in [0.15, 0.2) is 11.6 Å². The Morgan fingerprint density at radius 3 is 2.70 bits per heavy atom. The van der Waals surface area contributed by atoms with Crippen molar-refractivity contribution < 1.29 is 4.79 Å². The van der Waals surface area contributed by atoms with E-state index >= 15 is 0 Å². The summed E-state index contributed by atoms with van der Waals surface area (Å²) in [6, 6.07) is 0. The van der Waals surface area contributed by atoms with Crippen LogP contribution in [0.4, 0.5) is 0 Å². The molecule has 0 spiro atoms. The van der Waals surface area contributed by atoms with E-state index in [9.17, 15) is 4.79 Å². The predicted octanol–water partition coefficient (Wildman–Crippen LogP) is 6.42. The number of allylic oxidation sites excluding steroid dienone is 2. The molecule has 0 N–H and O–H groups in total. The molecule has 2 aliphatic rings. The molecule has 0 aliphatic heterocycles. The van der Waals surface area contributed by atoms with E-state index in [1.54, 1.807) is 12.5 Å². The summed E-state index contributed by atoms with van der Waals surface area (Å²) < 4.78 is 0.104. The third-order valence-corrected chi connectivity index (χ3v) is 7.60. The predicted molar refractivity (Wildman–Crippen MR) is 103 cm³/mol. The van der Waals surface area contributed by atoms with Gasteiger partial charge in [0.15, 0.2) is 0 Å². The smallest absolute Gasteiger partial charge is 0.131 e. The monoisotopic (exact) mass is 336 g/mol. The van der Waals surface area contributed by atoms with Crippen molar-refractivity contribution in [2.45, 2.75) is 96.0 Å². The normalized spacial score (nSPS) is 30.1. The van der Waals surface area contributed by atoms with Crippen LogP contribution in [-0.2, 0) is 4.79 Å². The summed E-state index contributed by atoms with van der Waals surface area (Å²) >= 11 is 2.10. The van der Waals surface area contributed by atoms with Crippen LogP contribution in [0.3, 0.4) is 0 Å². The molecule has 0 heterocycles. The largest absolute Gasteiger partial charge is 0.300 e. The third-order valence-electron chi connectivity index (χ3n) is 5.89. The number of thioether (sulfide) groups is 1. The van der Waals surface area contributed by atoms with E-state index < -0.39 is 0 Å². The first-order valence-corrected chi connectivity index (χ1v) is 10.5. The van der Waals surface area contributed by atoms with Gasteiger partial charge in [0.25, 0.3) is 0 Å². The van der Waals surface area contributed by atoms with Gasteiger partial charge in [-0.15, -0.1) is 0 Å². The van der Waals surface area contributed by atoms with E-state index in [1.165, 1.54) is 44.9 Å². The molecule has 4 atom stereocenters. The van der Waals surface area contributed by atoms with Crippen LogP contribution >= 0.6 is 11.8 Å². The highest BCUT2D eigenvalue weighted by atomic mass is 32.2. The van der Waals surface area contributed by atoms with Gasteiger partial charge in [-0.3, -0.25) is 4.79 Å². The molecule has 1 fully saturated rings. The lowest BCUT2D eigenvalue weighted by Gasteiger charge is -2.33. The van der Waals surface area contributed by atoms with Gasteiger partial charge < -0.3 is 0 Å². The Morgan fingerprint density at radius 1 is 1.35 bits per heavy atom. The maximum absolute atomic E-state index is 11.5. The molecule has 132 valence electrons. The molecule has 0 amide bonds. The number of hydrogen-bond donors (Lipinski definition) is 0. The number of carbonyl (C=O) groups is 1. The fourth-order valence-electron chi connectivity index (χ4n) is 4.65. The van der Waals surface area contributed by atoms with Crippen LogP contribution in [0.5, 0.6) is 0 Å². The summed E-state index contributed by atoms with van der Waals surface area (Å²) in [7, 11) is 0. The third kappa shape index (κ3) is 5.96. The molecular formula is C21H36OS. The highest BCUT2D eigenvalue weighted by Crippen LogP contribution is 2.46. The second-order valence-electron chi connectivity index (χ2n) is 8.78. The Kier molecular flexibility index (Phi) is 6.83. The lowest BCUT2D eigenvalue weighted by Crippen LogP contribution is -2.26. The summed E-state index contributed by atoms with van der Waals surface area (Å²) in [6.07, 6.45) is 12.7. The summed E-state index contributed by atoms with van der Waals surface area (Å²) in [5.74, 6) is 2.94. The Balaban J connectivity index is 1.87. The summed E-state index contributed by atoms with van der Waals surface area (Å²) in [5.41, 5.74) is 1.59. The quantitative estimate of drug-likeness (QED) is 0.499. The summed E-state index contributed by atoms with van der Waals surface area (Å²) in [4.78, 5) is 11.5. The minimum Gasteiger partial charge on any atom is -0.300 e. The second kappa shape index (κ2) is 8.23. The van der Waals surface area contributed by atoms with E-state index in [1.807, 2.05) is 0 Å². The van der Waals surface area contributed by atoms with Gasteiger partial charge in [-0.1, -0.05) is 38.8 Å². The molecule has 1 saturated carbocycles. The molecule has 1 nitrogen and oxygen atoms in total. The Bertz CT molecular complexity index is 437. The van der Waals surface area contributed by atoms with Crippen molar-refractivity contribution in [1.29, 1.82) is 0 Å². The zero-order valence-electron chi connectivity index (χ0n) is 15.9. The van der Waals surface area contributed by atoms with Crippen molar-refractivity contribution in [3.8, 4) is 0 Å². The molecule has 0 radical (unpaired) electrons.